The number of aliphatic carboxylic acids is 1. The van der Waals surface area contributed by atoms with Gasteiger partial charge < -0.3 is 5.11 Å². The van der Waals surface area contributed by atoms with Gasteiger partial charge >= 0.3 is 5.97 Å². The van der Waals surface area contributed by atoms with Gasteiger partial charge in [0.15, 0.2) is 0 Å². The Morgan fingerprint density at radius 3 is 2.59 bits per heavy atom. The highest BCUT2D eigenvalue weighted by Crippen LogP contribution is 2.42. The van der Waals surface area contributed by atoms with E-state index in [-0.39, 0.29) is 5.82 Å². The molecule has 17 heavy (non-hydrogen) atoms. The maximum Gasteiger partial charge on any atom is 0.308 e. The van der Waals surface area contributed by atoms with Crippen molar-refractivity contribution in [2.24, 2.45) is 5.92 Å². The fourth-order valence-electron chi connectivity index (χ4n) is 2.67. The highest BCUT2D eigenvalue weighted by atomic mass is 19.1. The van der Waals surface area contributed by atoms with Gasteiger partial charge in [0.25, 0.3) is 0 Å². The van der Waals surface area contributed by atoms with Crippen molar-refractivity contribution in [3.05, 3.63) is 35.6 Å². The molecule has 0 bridgehead atoms. The summed E-state index contributed by atoms with van der Waals surface area (Å²) in [7, 11) is 1.91. The molecule has 2 rings (SSSR count). The number of likely N-dealkylation sites (tertiary alicyclic amines) is 1. The van der Waals surface area contributed by atoms with Gasteiger partial charge in [-0.3, -0.25) is 9.69 Å². The minimum absolute atomic E-state index is 0.301. The van der Waals surface area contributed by atoms with E-state index in [4.69, 9.17) is 0 Å². The molecule has 1 aliphatic rings. The van der Waals surface area contributed by atoms with Crippen molar-refractivity contribution in [3.8, 4) is 0 Å². The Morgan fingerprint density at radius 2 is 2.06 bits per heavy atom. The predicted octanol–water partition coefficient (Wildman–Crippen LogP) is 2.08. The fraction of sp³-hybridized carbons (Fsp3) is 0.462. The molecular weight excluding hydrogens is 221 g/mol. The monoisotopic (exact) mass is 237 g/mol. The summed E-state index contributed by atoms with van der Waals surface area (Å²) in [4.78, 5) is 13.3. The number of rotatable bonds is 2. The summed E-state index contributed by atoms with van der Waals surface area (Å²) in [5.74, 6) is -1.54. The molecular formula is C13H16FNO2. The highest BCUT2D eigenvalue weighted by molar-refractivity contribution is 5.72. The Labute approximate surface area is 99.9 Å². The Morgan fingerprint density at radius 1 is 1.47 bits per heavy atom. The SMILES string of the molecule is CN1CCC(C(=O)O)C1(C)c1ccc(F)cc1. The third kappa shape index (κ3) is 1.82. The van der Waals surface area contributed by atoms with Crippen LogP contribution in [-0.4, -0.2) is 29.6 Å². The molecule has 4 heteroatoms. The second-order valence-electron chi connectivity index (χ2n) is 4.76. The number of halogens is 1. The molecule has 2 atom stereocenters. The van der Waals surface area contributed by atoms with Gasteiger partial charge in [-0.25, -0.2) is 4.39 Å². The van der Waals surface area contributed by atoms with Gasteiger partial charge in [-0.15, -0.1) is 0 Å². The molecule has 1 N–H and O–H groups in total. The third-order valence-corrected chi connectivity index (χ3v) is 3.95. The second-order valence-corrected chi connectivity index (χ2v) is 4.76. The van der Waals surface area contributed by atoms with E-state index in [1.807, 2.05) is 18.9 Å². The van der Waals surface area contributed by atoms with Crippen LogP contribution in [0, 0.1) is 11.7 Å². The molecule has 0 amide bonds. The van der Waals surface area contributed by atoms with Gasteiger partial charge in [0.1, 0.15) is 5.82 Å². The van der Waals surface area contributed by atoms with Crippen LogP contribution < -0.4 is 0 Å². The molecule has 0 aromatic heterocycles. The van der Waals surface area contributed by atoms with Crippen LogP contribution in [0.4, 0.5) is 4.39 Å². The first kappa shape index (κ1) is 12.0. The molecule has 1 aromatic rings. The van der Waals surface area contributed by atoms with Crippen molar-refractivity contribution >= 4 is 5.97 Å². The first-order chi connectivity index (χ1) is 7.96. The first-order valence-corrected chi connectivity index (χ1v) is 5.66. The number of nitrogens with zero attached hydrogens (tertiary/aromatic N) is 1. The molecule has 1 saturated heterocycles. The van der Waals surface area contributed by atoms with Crippen LogP contribution in [0.15, 0.2) is 24.3 Å². The lowest BCUT2D eigenvalue weighted by Gasteiger charge is -2.36. The summed E-state index contributed by atoms with van der Waals surface area (Å²) < 4.78 is 12.9. The molecule has 0 aliphatic carbocycles. The van der Waals surface area contributed by atoms with Crippen molar-refractivity contribution in [3.63, 3.8) is 0 Å². The number of carbonyl (C=O) groups is 1. The van der Waals surface area contributed by atoms with Crippen molar-refractivity contribution in [2.75, 3.05) is 13.6 Å². The largest absolute Gasteiger partial charge is 0.481 e. The normalized spacial score (nSPS) is 29.5. The zero-order chi connectivity index (χ0) is 12.6. The van der Waals surface area contributed by atoms with Crippen molar-refractivity contribution in [1.82, 2.24) is 4.90 Å². The van der Waals surface area contributed by atoms with E-state index in [1.165, 1.54) is 12.1 Å². The quantitative estimate of drug-likeness (QED) is 0.856. The molecule has 1 aromatic carbocycles. The lowest BCUT2D eigenvalue weighted by atomic mass is 9.80. The van der Waals surface area contributed by atoms with Gasteiger partial charge in [-0.2, -0.15) is 0 Å². The first-order valence-electron chi connectivity index (χ1n) is 5.66. The van der Waals surface area contributed by atoms with E-state index in [9.17, 15) is 14.3 Å². The number of carboxylic acids is 1. The summed E-state index contributed by atoms with van der Waals surface area (Å²) in [6.45, 7) is 2.65. The minimum Gasteiger partial charge on any atom is -0.481 e. The third-order valence-electron chi connectivity index (χ3n) is 3.95. The molecule has 0 radical (unpaired) electrons. The summed E-state index contributed by atoms with van der Waals surface area (Å²) in [5, 5.41) is 9.28. The lowest BCUT2D eigenvalue weighted by molar-refractivity contribution is -0.144. The van der Waals surface area contributed by atoms with Crippen LogP contribution in [0.5, 0.6) is 0 Å². The van der Waals surface area contributed by atoms with Gasteiger partial charge in [-0.1, -0.05) is 12.1 Å². The second kappa shape index (κ2) is 4.11. The molecule has 1 fully saturated rings. The van der Waals surface area contributed by atoms with Crippen LogP contribution in [0.25, 0.3) is 0 Å². The average molecular weight is 237 g/mol. The molecule has 2 unspecified atom stereocenters. The van der Waals surface area contributed by atoms with Crippen LogP contribution in [-0.2, 0) is 10.3 Å². The molecule has 3 nitrogen and oxygen atoms in total. The standard InChI is InChI=1S/C13H16FNO2/c1-13(9-3-5-10(14)6-4-9)11(12(16)17)7-8-15(13)2/h3-6,11H,7-8H2,1-2H3,(H,16,17). The molecule has 0 spiro atoms. The Balaban J connectivity index is 2.44. The topological polar surface area (TPSA) is 40.5 Å². The van der Waals surface area contributed by atoms with E-state index in [0.717, 1.165) is 12.1 Å². The minimum atomic E-state index is -0.791. The van der Waals surface area contributed by atoms with Crippen LogP contribution in [0.2, 0.25) is 0 Å². The Kier molecular flexibility index (Phi) is 2.91. The van der Waals surface area contributed by atoms with E-state index >= 15 is 0 Å². The van der Waals surface area contributed by atoms with E-state index in [0.29, 0.717) is 6.42 Å². The highest BCUT2D eigenvalue weighted by Gasteiger charge is 2.48. The van der Waals surface area contributed by atoms with Crippen molar-refractivity contribution < 1.29 is 14.3 Å². The molecule has 92 valence electrons. The van der Waals surface area contributed by atoms with Gasteiger partial charge in [0, 0.05) is 0 Å². The van der Waals surface area contributed by atoms with Gasteiger partial charge in [-0.05, 0) is 44.6 Å². The Bertz CT molecular complexity index is 432. The fourth-order valence-corrected chi connectivity index (χ4v) is 2.67. The number of hydrogen-bond acceptors (Lipinski definition) is 2. The molecule has 0 saturated carbocycles. The van der Waals surface area contributed by atoms with E-state index in [2.05, 4.69) is 0 Å². The maximum absolute atomic E-state index is 12.9. The van der Waals surface area contributed by atoms with Crippen molar-refractivity contribution in [2.45, 2.75) is 18.9 Å². The van der Waals surface area contributed by atoms with Crippen molar-refractivity contribution in [1.29, 1.82) is 0 Å². The molecule has 1 aliphatic heterocycles. The van der Waals surface area contributed by atoms with Gasteiger partial charge in [0.05, 0.1) is 11.5 Å². The average Bonchev–Trinajstić information content (AvgIpc) is 2.57. The maximum atomic E-state index is 12.9. The summed E-state index contributed by atoms with van der Waals surface area (Å²) in [5.41, 5.74) is 0.297. The zero-order valence-electron chi connectivity index (χ0n) is 9.98. The lowest BCUT2D eigenvalue weighted by Crippen LogP contribution is -2.42. The number of benzene rings is 1. The van der Waals surface area contributed by atoms with Crippen LogP contribution in [0.1, 0.15) is 18.9 Å². The summed E-state index contributed by atoms with van der Waals surface area (Å²) in [6, 6.07) is 6.11. The molecule has 1 heterocycles. The number of carboxylic acid groups (broad SMARTS) is 1. The Hall–Kier alpha value is -1.42. The smallest absolute Gasteiger partial charge is 0.308 e. The number of hydrogen-bond donors (Lipinski definition) is 1. The van der Waals surface area contributed by atoms with Crippen LogP contribution in [0.3, 0.4) is 0 Å². The summed E-state index contributed by atoms with van der Waals surface area (Å²) >= 11 is 0. The predicted molar refractivity (Wildman–Crippen MR) is 62.1 cm³/mol. The van der Waals surface area contributed by atoms with E-state index < -0.39 is 17.4 Å². The van der Waals surface area contributed by atoms with Crippen LogP contribution >= 0.6 is 0 Å². The van der Waals surface area contributed by atoms with E-state index in [1.54, 1.807) is 12.1 Å². The zero-order valence-corrected chi connectivity index (χ0v) is 9.98. The summed E-state index contributed by atoms with van der Waals surface area (Å²) in [6.07, 6.45) is 0.625. The van der Waals surface area contributed by atoms with Gasteiger partial charge in [0.2, 0.25) is 0 Å².